The normalized spacial score (nSPS) is 26.9. The number of carbonyl (C=O) groups is 1. The number of hydrogen-bond acceptors (Lipinski definition) is 6. The number of β-amino-alcohol motifs (C(OH)–C–C–N with tert-alkyl or cyclic N) is 2. The van der Waals surface area contributed by atoms with Gasteiger partial charge in [-0.1, -0.05) is 6.07 Å². The van der Waals surface area contributed by atoms with Crippen LogP contribution in [0.25, 0.3) is 0 Å². The molecule has 0 saturated carbocycles. The number of aliphatic hydroxyl groups excluding tert-OH is 1. The summed E-state index contributed by atoms with van der Waals surface area (Å²) >= 11 is 1.27. The molecule has 1 fully saturated rings. The third kappa shape index (κ3) is 3.36. The van der Waals surface area contributed by atoms with E-state index in [4.69, 9.17) is 0 Å². The fourth-order valence-electron chi connectivity index (χ4n) is 2.02. The Morgan fingerprint density at radius 3 is 2.90 bits per heavy atom. The molecule has 0 bridgehead atoms. The zero-order valence-electron chi connectivity index (χ0n) is 10.8. The minimum Gasteiger partial charge on any atom is -0.388 e. The number of nitrogens with zero attached hydrogens (tertiary/aromatic N) is 1. The highest BCUT2D eigenvalue weighted by Crippen LogP contribution is 2.24. The lowest BCUT2D eigenvalue weighted by molar-refractivity contribution is -0.0352. The van der Waals surface area contributed by atoms with Crippen molar-refractivity contribution in [2.24, 2.45) is 0 Å². The van der Waals surface area contributed by atoms with E-state index >= 15 is 0 Å². The number of amides is 1. The van der Waals surface area contributed by atoms with E-state index in [1.54, 1.807) is 17.5 Å². The molecular formula is C11H16N2O5S2. The van der Waals surface area contributed by atoms with Crippen molar-refractivity contribution in [2.75, 3.05) is 25.9 Å². The Bertz CT molecular complexity index is 586. The number of carbonyl (C=O) groups excluding carboxylic acids is 1. The summed E-state index contributed by atoms with van der Waals surface area (Å²) in [6.45, 7) is -0.479. The van der Waals surface area contributed by atoms with E-state index in [0.29, 0.717) is 4.88 Å². The van der Waals surface area contributed by atoms with E-state index in [1.165, 1.54) is 16.2 Å². The number of hydrogen-bond donors (Lipinski definition) is 3. The van der Waals surface area contributed by atoms with Crippen molar-refractivity contribution < 1.29 is 23.4 Å². The van der Waals surface area contributed by atoms with Crippen LogP contribution >= 0.6 is 11.3 Å². The molecular weight excluding hydrogens is 304 g/mol. The predicted octanol–water partition coefficient (Wildman–Crippen LogP) is -1.15. The molecule has 112 valence electrons. The molecule has 2 atom stereocenters. The summed E-state index contributed by atoms with van der Waals surface area (Å²) in [7, 11) is -3.48. The molecule has 1 amide bonds. The number of thiophene rings is 1. The van der Waals surface area contributed by atoms with Crippen molar-refractivity contribution >= 4 is 27.3 Å². The monoisotopic (exact) mass is 320 g/mol. The van der Waals surface area contributed by atoms with E-state index in [9.17, 15) is 23.4 Å². The van der Waals surface area contributed by atoms with E-state index in [1.807, 2.05) is 0 Å². The highest BCUT2D eigenvalue weighted by molar-refractivity contribution is 7.88. The Labute approximate surface area is 120 Å². The van der Waals surface area contributed by atoms with Gasteiger partial charge in [0.25, 0.3) is 5.91 Å². The van der Waals surface area contributed by atoms with Crippen LogP contribution in [0.4, 0.5) is 0 Å². The SMILES string of the molecule is CS(=O)(=O)NC[C@]1(O)CN(C(=O)c2cccs2)C[C@H]1O. The number of nitrogens with one attached hydrogen (secondary N) is 1. The van der Waals surface area contributed by atoms with Crippen LogP contribution in [0.2, 0.25) is 0 Å². The molecule has 7 nitrogen and oxygen atoms in total. The number of aliphatic hydroxyl groups is 2. The van der Waals surface area contributed by atoms with Crippen LogP contribution in [-0.2, 0) is 10.0 Å². The fourth-order valence-corrected chi connectivity index (χ4v) is 3.22. The fraction of sp³-hybridized carbons (Fsp3) is 0.545. The number of likely N-dealkylation sites (tertiary alicyclic amines) is 1. The Kier molecular flexibility index (Phi) is 4.17. The molecule has 1 aromatic rings. The maximum absolute atomic E-state index is 12.1. The van der Waals surface area contributed by atoms with Crippen molar-refractivity contribution in [2.45, 2.75) is 11.7 Å². The zero-order valence-corrected chi connectivity index (χ0v) is 12.4. The van der Waals surface area contributed by atoms with Crippen LogP contribution in [0.1, 0.15) is 9.67 Å². The predicted molar refractivity (Wildman–Crippen MR) is 74.0 cm³/mol. The van der Waals surface area contributed by atoms with Crippen molar-refractivity contribution in [3.8, 4) is 0 Å². The van der Waals surface area contributed by atoms with Gasteiger partial charge in [0.1, 0.15) is 11.7 Å². The Morgan fingerprint density at radius 2 is 2.35 bits per heavy atom. The lowest BCUT2D eigenvalue weighted by atomic mass is 10.0. The van der Waals surface area contributed by atoms with Crippen molar-refractivity contribution in [1.82, 2.24) is 9.62 Å². The molecule has 1 aliphatic heterocycles. The molecule has 1 aromatic heterocycles. The summed E-state index contributed by atoms with van der Waals surface area (Å²) in [4.78, 5) is 13.9. The number of sulfonamides is 1. The van der Waals surface area contributed by atoms with Gasteiger partial charge < -0.3 is 15.1 Å². The van der Waals surface area contributed by atoms with Crippen molar-refractivity contribution in [1.29, 1.82) is 0 Å². The minimum absolute atomic E-state index is 0.0291. The average Bonchev–Trinajstić information content (AvgIpc) is 2.95. The summed E-state index contributed by atoms with van der Waals surface area (Å²) < 4.78 is 24.3. The second kappa shape index (κ2) is 5.41. The average molecular weight is 320 g/mol. The van der Waals surface area contributed by atoms with Gasteiger partial charge in [0.15, 0.2) is 0 Å². The van der Waals surface area contributed by atoms with Gasteiger partial charge >= 0.3 is 0 Å². The summed E-state index contributed by atoms with van der Waals surface area (Å²) in [6, 6.07) is 3.40. The first-order valence-electron chi connectivity index (χ1n) is 5.89. The topological polar surface area (TPSA) is 107 Å². The molecule has 3 N–H and O–H groups in total. The first-order valence-corrected chi connectivity index (χ1v) is 8.66. The molecule has 0 spiro atoms. The highest BCUT2D eigenvalue weighted by Gasteiger charge is 2.46. The Hall–Kier alpha value is -1.00. The lowest BCUT2D eigenvalue weighted by Gasteiger charge is -2.25. The van der Waals surface area contributed by atoms with E-state index < -0.39 is 21.7 Å². The quantitative estimate of drug-likeness (QED) is 0.649. The van der Waals surface area contributed by atoms with E-state index in [0.717, 1.165) is 6.26 Å². The van der Waals surface area contributed by atoms with E-state index in [2.05, 4.69) is 4.72 Å². The summed E-state index contributed by atoms with van der Waals surface area (Å²) in [6.07, 6.45) is -0.229. The lowest BCUT2D eigenvalue weighted by Crippen LogP contribution is -2.51. The van der Waals surface area contributed by atoms with Gasteiger partial charge in [0.2, 0.25) is 10.0 Å². The second-order valence-corrected chi connectivity index (χ2v) is 7.66. The molecule has 0 radical (unpaired) electrons. The van der Waals surface area contributed by atoms with Gasteiger partial charge in [0.05, 0.1) is 17.7 Å². The molecule has 1 saturated heterocycles. The summed E-state index contributed by atoms with van der Waals surface area (Å²) in [5.74, 6) is -0.283. The smallest absolute Gasteiger partial charge is 0.264 e. The van der Waals surface area contributed by atoms with Gasteiger partial charge in [-0.3, -0.25) is 4.79 Å². The third-order valence-corrected chi connectivity index (χ3v) is 4.66. The minimum atomic E-state index is -3.48. The van der Waals surface area contributed by atoms with Crippen LogP contribution in [0, 0.1) is 0 Å². The van der Waals surface area contributed by atoms with Crippen LogP contribution in [0.15, 0.2) is 17.5 Å². The number of rotatable bonds is 4. The van der Waals surface area contributed by atoms with Crippen molar-refractivity contribution in [3.63, 3.8) is 0 Å². The molecule has 2 heterocycles. The third-order valence-electron chi connectivity index (χ3n) is 3.14. The second-order valence-electron chi connectivity index (χ2n) is 4.88. The standard InChI is InChI=1S/C11H16N2O5S2/c1-20(17,18)12-6-11(16)7-13(5-9(11)14)10(15)8-3-2-4-19-8/h2-4,9,12,14,16H,5-7H2,1H3/t9-,11+/m1/s1. The van der Waals surface area contributed by atoms with Crippen LogP contribution in [0.5, 0.6) is 0 Å². The van der Waals surface area contributed by atoms with Gasteiger partial charge in [-0.15, -0.1) is 11.3 Å². The van der Waals surface area contributed by atoms with Gasteiger partial charge in [-0.2, -0.15) is 0 Å². The molecule has 9 heteroatoms. The van der Waals surface area contributed by atoms with Gasteiger partial charge in [0, 0.05) is 13.1 Å². The summed E-state index contributed by atoms with van der Waals surface area (Å²) in [5, 5.41) is 21.9. The van der Waals surface area contributed by atoms with E-state index in [-0.39, 0.29) is 25.5 Å². The Balaban J connectivity index is 2.06. The van der Waals surface area contributed by atoms with Crippen molar-refractivity contribution in [3.05, 3.63) is 22.4 Å². The Morgan fingerprint density at radius 1 is 1.65 bits per heavy atom. The zero-order chi connectivity index (χ0) is 15.0. The first-order chi connectivity index (χ1) is 9.21. The molecule has 0 unspecified atom stereocenters. The first kappa shape index (κ1) is 15.4. The molecule has 1 aliphatic rings. The maximum Gasteiger partial charge on any atom is 0.264 e. The summed E-state index contributed by atoms with van der Waals surface area (Å²) in [5.41, 5.74) is -1.67. The maximum atomic E-state index is 12.1. The van der Waals surface area contributed by atoms with Gasteiger partial charge in [-0.05, 0) is 11.4 Å². The highest BCUT2D eigenvalue weighted by atomic mass is 32.2. The largest absolute Gasteiger partial charge is 0.388 e. The molecule has 0 aliphatic carbocycles. The van der Waals surface area contributed by atoms with Crippen LogP contribution in [-0.4, -0.2) is 67.0 Å². The van der Waals surface area contributed by atoms with Gasteiger partial charge in [-0.25, -0.2) is 13.1 Å². The van der Waals surface area contributed by atoms with Crippen LogP contribution < -0.4 is 4.72 Å². The molecule has 2 rings (SSSR count). The molecule has 20 heavy (non-hydrogen) atoms. The van der Waals surface area contributed by atoms with Crippen LogP contribution in [0.3, 0.4) is 0 Å². The molecule has 0 aromatic carbocycles.